The molecule has 0 unspecified atom stereocenters. The summed E-state index contributed by atoms with van der Waals surface area (Å²) in [6, 6.07) is 6.20. The lowest BCUT2D eigenvalue weighted by Gasteiger charge is -2.10. The first-order valence-electron chi connectivity index (χ1n) is 5.41. The molecule has 0 saturated heterocycles. The number of amidine groups is 1. The van der Waals surface area contributed by atoms with E-state index in [0.29, 0.717) is 17.0 Å². The molecule has 0 aliphatic carbocycles. The van der Waals surface area contributed by atoms with Gasteiger partial charge in [-0.15, -0.1) is 0 Å². The fraction of sp³-hybridized carbons (Fsp3) is 0.308. The number of benzene rings is 1. The van der Waals surface area contributed by atoms with Gasteiger partial charge < -0.3 is 9.64 Å². The Morgan fingerprint density at radius 3 is 2.06 bits per heavy atom. The number of carbonyl (C=O) groups excluding carboxylic acids is 2. The summed E-state index contributed by atoms with van der Waals surface area (Å²) >= 11 is 0. The minimum absolute atomic E-state index is 0.336. The molecule has 0 heterocycles. The largest absolute Gasteiger partial charge is 0.465 e. The van der Waals surface area contributed by atoms with E-state index in [1.807, 2.05) is 14.1 Å². The minimum atomic E-state index is -0.429. The molecule has 0 aliphatic rings. The van der Waals surface area contributed by atoms with Gasteiger partial charge in [0.15, 0.2) is 0 Å². The number of carbonyl (C=O) groups is 2. The molecular weight excluding hydrogens is 232 g/mol. The van der Waals surface area contributed by atoms with Gasteiger partial charge in [0.25, 0.3) is 5.91 Å². The van der Waals surface area contributed by atoms with Crippen LogP contribution < -0.4 is 0 Å². The molecule has 1 aromatic rings. The van der Waals surface area contributed by atoms with Crippen molar-refractivity contribution in [2.75, 3.05) is 21.2 Å². The van der Waals surface area contributed by atoms with Crippen LogP contribution in [0.1, 0.15) is 27.6 Å². The van der Waals surface area contributed by atoms with Crippen LogP contribution in [0, 0.1) is 0 Å². The first kappa shape index (κ1) is 13.9. The Hall–Kier alpha value is -2.17. The number of aliphatic imine (C=N–C) groups is 1. The number of hydrogen-bond acceptors (Lipinski definition) is 3. The van der Waals surface area contributed by atoms with Gasteiger partial charge in [0.2, 0.25) is 0 Å². The van der Waals surface area contributed by atoms with Crippen LogP contribution in [0.15, 0.2) is 29.3 Å². The van der Waals surface area contributed by atoms with Crippen LogP contribution in [0.25, 0.3) is 0 Å². The number of ether oxygens (including phenoxy) is 1. The van der Waals surface area contributed by atoms with Crippen LogP contribution in [-0.2, 0) is 4.74 Å². The zero-order chi connectivity index (χ0) is 13.7. The molecular formula is C13H16N2O3. The summed E-state index contributed by atoms with van der Waals surface area (Å²) in [4.78, 5) is 28.7. The van der Waals surface area contributed by atoms with Gasteiger partial charge in [0.05, 0.1) is 12.7 Å². The van der Waals surface area contributed by atoms with Crippen molar-refractivity contribution in [3.63, 3.8) is 0 Å². The molecule has 1 amide bonds. The molecule has 18 heavy (non-hydrogen) atoms. The number of methoxy groups -OCH3 is 1. The highest BCUT2D eigenvalue weighted by atomic mass is 16.5. The zero-order valence-electron chi connectivity index (χ0n) is 10.9. The van der Waals surface area contributed by atoms with Crippen molar-refractivity contribution in [1.82, 2.24) is 4.90 Å². The van der Waals surface area contributed by atoms with Crippen molar-refractivity contribution in [2.24, 2.45) is 4.99 Å². The lowest BCUT2D eigenvalue weighted by Crippen LogP contribution is -2.19. The van der Waals surface area contributed by atoms with E-state index in [1.165, 1.54) is 7.11 Å². The first-order chi connectivity index (χ1) is 8.45. The molecule has 0 bridgehead atoms. The van der Waals surface area contributed by atoms with Crippen LogP contribution in [0.3, 0.4) is 0 Å². The van der Waals surface area contributed by atoms with Gasteiger partial charge in [-0.3, -0.25) is 4.79 Å². The molecule has 5 heteroatoms. The predicted molar refractivity (Wildman–Crippen MR) is 68.9 cm³/mol. The van der Waals surface area contributed by atoms with Crippen LogP contribution in [-0.4, -0.2) is 43.8 Å². The van der Waals surface area contributed by atoms with E-state index in [9.17, 15) is 9.59 Å². The third-order valence-electron chi connectivity index (χ3n) is 2.46. The number of rotatable bonds is 2. The Kier molecular flexibility index (Phi) is 4.59. The number of nitrogens with zero attached hydrogens (tertiary/aromatic N) is 2. The van der Waals surface area contributed by atoms with Crippen molar-refractivity contribution >= 4 is 17.7 Å². The van der Waals surface area contributed by atoms with Crippen LogP contribution in [0.4, 0.5) is 0 Å². The highest BCUT2D eigenvalue weighted by Gasteiger charge is 2.08. The van der Waals surface area contributed by atoms with Crippen molar-refractivity contribution in [3.8, 4) is 0 Å². The Balaban J connectivity index is 2.89. The predicted octanol–water partition coefficient (Wildman–Crippen LogP) is 1.59. The minimum Gasteiger partial charge on any atom is -0.465 e. The van der Waals surface area contributed by atoms with E-state index in [2.05, 4.69) is 9.73 Å². The van der Waals surface area contributed by atoms with Crippen molar-refractivity contribution in [3.05, 3.63) is 35.4 Å². The van der Waals surface area contributed by atoms with Crippen LogP contribution in [0.2, 0.25) is 0 Å². The van der Waals surface area contributed by atoms with E-state index >= 15 is 0 Å². The molecule has 5 nitrogen and oxygen atoms in total. The second-order valence-electron chi connectivity index (χ2n) is 3.93. The molecule has 0 fully saturated rings. The third-order valence-corrected chi connectivity index (χ3v) is 2.46. The summed E-state index contributed by atoms with van der Waals surface area (Å²) in [6.07, 6.45) is 0. The summed E-state index contributed by atoms with van der Waals surface area (Å²) in [5, 5.41) is 0. The lowest BCUT2D eigenvalue weighted by molar-refractivity contribution is 0.0600. The Morgan fingerprint density at radius 1 is 1.11 bits per heavy atom. The second kappa shape index (κ2) is 5.95. The van der Waals surface area contributed by atoms with E-state index in [4.69, 9.17) is 0 Å². The summed E-state index contributed by atoms with van der Waals surface area (Å²) in [7, 11) is 4.94. The van der Waals surface area contributed by atoms with Gasteiger partial charge in [-0.05, 0) is 31.2 Å². The molecule has 0 aromatic heterocycles. The number of esters is 1. The van der Waals surface area contributed by atoms with Gasteiger partial charge >= 0.3 is 5.97 Å². The number of hydrogen-bond donors (Lipinski definition) is 0. The monoisotopic (exact) mass is 248 g/mol. The summed E-state index contributed by atoms with van der Waals surface area (Å²) in [5.41, 5.74) is 0.839. The Bertz CT molecular complexity index is 476. The van der Waals surface area contributed by atoms with Crippen molar-refractivity contribution < 1.29 is 14.3 Å². The highest BCUT2D eigenvalue weighted by molar-refractivity contribution is 6.03. The maximum Gasteiger partial charge on any atom is 0.337 e. The maximum absolute atomic E-state index is 11.8. The number of amides is 1. The molecule has 0 N–H and O–H groups in total. The van der Waals surface area contributed by atoms with Gasteiger partial charge in [0, 0.05) is 19.7 Å². The van der Waals surface area contributed by atoms with Gasteiger partial charge in [-0.1, -0.05) is 0 Å². The standard InChI is InChI=1S/C13H16N2O3/c1-9(15(2)3)14-12(16)10-5-7-11(8-6-10)13(17)18-4/h5-8H,1-4H3/b14-9-. The average molecular weight is 248 g/mol. The third kappa shape index (κ3) is 3.41. The van der Waals surface area contributed by atoms with E-state index < -0.39 is 5.97 Å². The molecule has 0 saturated carbocycles. The average Bonchev–Trinajstić information content (AvgIpc) is 2.37. The van der Waals surface area contributed by atoms with E-state index in [0.717, 1.165) is 0 Å². The fourth-order valence-corrected chi connectivity index (χ4v) is 1.18. The molecule has 96 valence electrons. The normalized spacial score (nSPS) is 11.0. The van der Waals surface area contributed by atoms with Crippen molar-refractivity contribution in [1.29, 1.82) is 0 Å². The molecule has 0 atom stereocenters. The molecule has 1 aromatic carbocycles. The summed E-state index contributed by atoms with van der Waals surface area (Å²) in [6.45, 7) is 1.75. The van der Waals surface area contributed by atoms with Gasteiger partial charge in [-0.2, -0.15) is 4.99 Å². The molecule has 0 aliphatic heterocycles. The van der Waals surface area contributed by atoms with Crippen LogP contribution >= 0.6 is 0 Å². The van der Waals surface area contributed by atoms with Gasteiger partial charge in [-0.25, -0.2) is 4.79 Å². The Morgan fingerprint density at radius 2 is 1.61 bits per heavy atom. The quantitative estimate of drug-likeness (QED) is 0.453. The SMILES string of the molecule is COC(=O)c1ccc(C(=O)/N=C(/C)N(C)C)cc1. The summed E-state index contributed by atoms with van der Waals surface area (Å²) in [5.74, 6) is -0.142. The fourth-order valence-electron chi connectivity index (χ4n) is 1.18. The van der Waals surface area contributed by atoms with E-state index in [1.54, 1.807) is 36.1 Å². The molecule has 0 spiro atoms. The van der Waals surface area contributed by atoms with Crippen molar-refractivity contribution in [2.45, 2.75) is 6.92 Å². The van der Waals surface area contributed by atoms with Crippen LogP contribution in [0.5, 0.6) is 0 Å². The zero-order valence-corrected chi connectivity index (χ0v) is 10.9. The maximum atomic E-state index is 11.8. The van der Waals surface area contributed by atoms with E-state index in [-0.39, 0.29) is 5.91 Å². The lowest BCUT2D eigenvalue weighted by atomic mass is 10.1. The molecule has 1 rings (SSSR count). The first-order valence-corrected chi connectivity index (χ1v) is 5.41. The smallest absolute Gasteiger partial charge is 0.337 e. The highest BCUT2D eigenvalue weighted by Crippen LogP contribution is 2.07. The second-order valence-corrected chi connectivity index (χ2v) is 3.93. The topological polar surface area (TPSA) is 59.0 Å². The Labute approximate surface area is 106 Å². The van der Waals surface area contributed by atoms with Gasteiger partial charge in [0.1, 0.15) is 5.84 Å². The molecule has 0 radical (unpaired) electrons. The summed E-state index contributed by atoms with van der Waals surface area (Å²) < 4.78 is 4.57.